The Bertz CT molecular complexity index is 1410. The number of hydrogen-bond acceptors (Lipinski definition) is 11. The van der Waals surface area contributed by atoms with Crippen molar-refractivity contribution in [3.8, 4) is 16.9 Å². The molecule has 174 valence electrons. The Morgan fingerprint density at radius 2 is 1.66 bits per heavy atom. The average molecular weight is 489 g/mol. The van der Waals surface area contributed by atoms with E-state index in [0.717, 1.165) is 18.4 Å². The van der Waals surface area contributed by atoms with Crippen molar-refractivity contribution in [3.63, 3.8) is 0 Å². The number of rotatable bonds is 4. The van der Waals surface area contributed by atoms with Crippen LogP contribution >= 0.6 is 0 Å². The first kappa shape index (κ1) is 28.2. The zero-order valence-electron chi connectivity index (χ0n) is 14.5. The SMILES string of the molecule is C.C.Nc1ccc2c(=O)c(-c3ccc(OS(N)(=O)=O)c([N+](=O)[O-])c3)coc2c1.O=S(=O)=O. The summed E-state index contributed by atoms with van der Waals surface area (Å²) in [6.07, 6.45) is 1.14. The van der Waals surface area contributed by atoms with Crippen LogP contribution in [0, 0.1) is 10.1 Å². The minimum Gasteiger partial charge on any atom is -0.463 e. The van der Waals surface area contributed by atoms with Crippen molar-refractivity contribution in [2.75, 3.05) is 5.73 Å². The number of anilines is 1. The van der Waals surface area contributed by atoms with Gasteiger partial charge >= 0.3 is 26.6 Å². The molecule has 3 aromatic rings. The van der Waals surface area contributed by atoms with E-state index < -0.39 is 42.7 Å². The third kappa shape index (κ3) is 7.15. The van der Waals surface area contributed by atoms with Gasteiger partial charge in [-0.2, -0.15) is 13.6 Å². The molecule has 0 unspecified atom stereocenters. The zero-order valence-corrected chi connectivity index (χ0v) is 16.2. The van der Waals surface area contributed by atoms with Crippen LogP contribution in [0.1, 0.15) is 14.9 Å². The summed E-state index contributed by atoms with van der Waals surface area (Å²) >= 11 is 0. The molecule has 0 radical (unpaired) electrons. The molecular weight excluding hydrogens is 470 g/mol. The van der Waals surface area contributed by atoms with Crippen LogP contribution in [0.15, 0.2) is 51.9 Å². The van der Waals surface area contributed by atoms with E-state index in [1.54, 1.807) is 0 Å². The third-order valence-electron chi connectivity index (χ3n) is 3.47. The van der Waals surface area contributed by atoms with Gasteiger partial charge in [-0.15, -0.1) is 12.6 Å². The normalized spacial score (nSPS) is 10.0. The van der Waals surface area contributed by atoms with E-state index in [1.807, 2.05) is 0 Å². The van der Waals surface area contributed by atoms with Gasteiger partial charge in [-0.05, 0) is 29.8 Å². The van der Waals surface area contributed by atoms with Crippen molar-refractivity contribution < 1.29 is 34.6 Å². The van der Waals surface area contributed by atoms with Gasteiger partial charge in [-0.25, -0.2) is 0 Å². The average Bonchev–Trinajstić information content (AvgIpc) is 2.60. The van der Waals surface area contributed by atoms with Crippen LogP contribution in [0.4, 0.5) is 11.4 Å². The van der Waals surface area contributed by atoms with Gasteiger partial charge in [0.2, 0.25) is 5.75 Å². The number of nitrogens with zero attached hydrogens (tertiary/aromatic N) is 1. The van der Waals surface area contributed by atoms with Crippen molar-refractivity contribution in [3.05, 3.63) is 63.0 Å². The summed E-state index contributed by atoms with van der Waals surface area (Å²) in [4.78, 5) is 23.0. The van der Waals surface area contributed by atoms with Crippen LogP contribution in [0.25, 0.3) is 22.1 Å². The highest BCUT2D eigenvalue weighted by atomic mass is 32.2. The van der Waals surface area contributed by atoms with E-state index in [9.17, 15) is 23.3 Å². The maximum Gasteiger partial charge on any atom is 0.425 e. The monoisotopic (exact) mass is 489 g/mol. The third-order valence-corrected chi connectivity index (χ3v) is 3.88. The second-order valence-electron chi connectivity index (χ2n) is 5.45. The summed E-state index contributed by atoms with van der Waals surface area (Å²) in [6, 6.07) is 7.79. The Labute approximate surface area is 183 Å². The fraction of sp³-hybridized carbons (Fsp3) is 0.118. The van der Waals surface area contributed by atoms with Crippen molar-refractivity contribution in [2.24, 2.45) is 5.14 Å². The topological polar surface area (TPSA) is 220 Å². The van der Waals surface area contributed by atoms with Crippen LogP contribution in [0.2, 0.25) is 0 Å². The summed E-state index contributed by atoms with van der Waals surface area (Å²) in [6.45, 7) is 0. The number of hydrogen-bond donors (Lipinski definition) is 2. The highest BCUT2D eigenvalue weighted by molar-refractivity contribution is 7.84. The Morgan fingerprint density at radius 3 is 2.19 bits per heavy atom. The second-order valence-corrected chi connectivity index (χ2v) is 7.01. The summed E-state index contributed by atoms with van der Waals surface area (Å²) in [5, 5.41) is 16.2. The fourth-order valence-electron chi connectivity index (χ4n) is 2.37. The van der Waals surface area contributed by atoms with Crippen LogP contribution in [-0.2, 0) is 20.9 Å². The second kappa shape index (κ2) is 11.0. The maximum absolute atomic E-state index is 12.6. The Hall–Kier alpha value is -3.82. The van der Waals surface area contributed by atoms with Gasteiger partial charge < -0.3 is 14.3 Å². The van der Waals surface area contributed by atoms with Crippen LogP contribution in [0.5, 0.6) is 5.75 Å². The molecule has 0 fully saturated rings. The zero-order chi connectivity index (χ0) is 22.6. The highest BCUT2D eigenvalue weighted by Crippen LogP contribution is 2.32. The summed E-state index contributed by atoms with van der Waals surface area (Å²) in [7, 11) is -7.56. The molecule has 0 atom stereocenters. The van der Waals surface area contributed by atoms with E-state index in [0.29, 0.717) is 5.69 Å². The highest BCUT2D eigenvalue weighted by Gasteiger charge is 2.21. The van der Waals surface area contributed by atoms with Crippen LogP contribution < -0.4 is 20.5 Å². The Balaban J connectivity index is 0.00000148. The number of nitro groups is 1. The largest absolute Gasteiger partial charge is 0.463 e. The molecule has 0 aliphatic carbocycles. The molecule has 1 aromatic heterocycles. The van der Waals surface area contributed by atoms with Crippen LogP contribution in [0.3, 0.4) is 0 Å². The van der Waals surface area contributed by atoms with Crippen molar-refractivity contribution in [1.82, 2.24) is 0 Å². The quantitative estimate of drug-likeness (QED) is 0.305. The van der Waals surface area contributed by atoms with E-state index in [1.165, 1.54) is 24.3 Å². The molecule has 32 heavy (non-hydrogen) atoms. The number of benzene rings is 2. The van der Waals surface area contributed by atoms with Gasteiger partial charge in [0.05, 0.1) is 15.9 Å². The number of fused-ring (bicyclic) bond motifs is 1. The lowest BCUT2D eigenvalue weighted by Crippen LogP contribution is -2.19. The minimum absolute atomic E-state index is 0. The number of nitrogens with two attached hydrogens (primary N) is 2. The molecule has 0 saturated heterocycles. The van der Waals surface area contributed by atoms with Gasteiger partial charge in [0.15, 0.2) is 5.43 Å². The molecule has 0 saturated carbocycles. The molecule has 0 spiro atoms. The lowest BCUT2D eigenvalue weighted by Gasteiger charge is -2.07. The molecule has 0 aliphatic heterocycles. The van der Waals surface area contributed by atoms with Crippen LogP contribution in [-0.4, -0.2) is 26.0 Å². The Kier molecular flexibility index (Phi) is 9.67. The Morgan fingerprint density at radius 1 is 1.06 bits per heavy atom. The van der Waals surface area contributed by atoms with Crippen molar-refractivity contribution in [2.45, 2.75) is 14.9 Å². The fourth-order valence-corrected chi connectivity index (χ4v) is 2.76. The molecule has 15 heteroatoms. The van der Waals surface area contributed by atoms with Gasteiger partial charge in [0.25, 0.3) is 0 Å². The molecule has 3 rings (SSSR count). The lowest BCUT2D eigenvalue weighted by molar-refractivity contribution is -0.385. The predicted molar refractivity (Wildman–Crippen MR) is 116 cm³/mol. The van der Waals surface area contributed by atoms with Gasteiger partial charge in [0, 0.05) is 17.8 Å². The molecule has 13 nitrogen and oxygen atoms in total. The molecule has 0 bridgehead atoms. The number of nitro benzene ring substituents is 1. The lowest BCUT2D eigenvalue weighted by atomic mass is 10.0. The summed E-state index contributed by atoms with van der Waals surface area (Å²) in [5.41, 5.74) is 5.40. The predicted octanol–water partition coefficient (Wildman–Crippen LogP) is 1.80. The molecule has 1 heterocycles. The molecule has 2 aromatic carbocycles. The maximum atomic E-state index is 12.6. The molecule has 4 N–H and O–H groups in total. The smallest absolute Gasteiger partial charge is 0.425 e. The van der Waals surface area contributed by atoms with Crippen molar-refractivity contribution in [1.29, 1.82) is 0 Å². The molecule has 0 aliphatic rings. The number of nitrogen functional groups attached to an aromatic ring is 1. The molecular formula is C17H19N3O10S2. The minimum atomic E-state index is -4.45. The summed E-state index contributed by atoms with van der Waals surface area (Å²) < 4.78 is 57.1. The summed E-state index contributed by atoms with van der Waals surface area (Å²) in [5.74, 6) is -0.570. The van der Waals surface area contributed by atoms with Gasteiger partial charge in [-0.1, -0.05) is 14.9 Å². The van der Waals surface area contributed by atoms with E-state index in [4.69, 9.17) is 27.9 Å². The van der Waals surface area contributed by atoms with E-state index >= 15 is 0 Å². The standard InChI is InChI=1S/C15H11N3O7S.2CH4.O3S/c16-9-2-3-10-14(6-9)24-7-11(15(10)19)8-1-4-13(25-26(17,22)23)12(5-8)18(20)21;;;1-4(2)3/h1-7H,16H2,(H2,17,22,23);2*1H4;. The van der Waals surface area contributed by atoms with E-state index in [-0.39, 0.29) is 36.9 Å². The molecule has 0 amide bonds. The van der Waals surface area contributed by atoms with Gasteiger partial charge in [0.1, 0.15) is 11.8 Å². The first-order valence-corrected chi connectivity index (χ1v) is 9.95. The first-order chi connectivity index (χ1) is 13.9. The van der Waals surface area contributed by atoms with Crippen molar-refractivity contribution >= 4 is 43.3 Å². The van der Waals surface area contributed by atoms with E-state index in [2.05, 4.69) is 4.18 Å². The van der Waals surface area contributed by atoms with Gasteiger partial charge in [-0.3, -0.25) is 14.9 Å². The first-order valence-electron chi connectivity index (χ1n) is 7.48.